The molecule has 1 aromatic rings. The molecule has 4 heteroatoms. The standard InChI is InChI=1S/C14H21NO3/c1-2-3-5-10-13(14(16)17)15-18-11-12-8-6-4-7-9-12/h4,6-9,13,15H,2-3,5,10-11H2,1H3,(H,16,17). The highest BCUT2D eigenvalue weighted by molar-refractivity contribution is 5.73. The Hall–Kier alpha value is -1.39. The quantitative estimate of drug-likeness (QED) is 0.523. The van der Waals surface area contributed by atoms with E-state index in [1.165, 1.54) is 0 Å². The van der Waals surface area contributed by atoms with E-state index in [4.69, 9.17) is 9.94 Å². The van der Waals surface area contributed by atoms with Gasteiger partial charge in [-0.25, -0.2) is 0 Å². The van der Waals surface area contributed by atoms with Crippen molar-refractivity contribution >= 4 is 5.97 Å². The maximum atomic E-state index is 11.0. The minimum Gasteiger partial charge on any atom is -0.480 e. The van der Waals surface area contributed by atoms with Crippen molar-refractivity contribution in [3.05, 3.63) is 35.9 Å². The molecule has 1 unspecified atom stereocenters. The van der Waals surface area contributed by atoms with E-state index in [-0.39, 0.29) is 0 Å². The van der Waals surface area contributed by atoms with E-state index in [1.807, 2.05) is 30.3 Å². The first-order valence-corrected chi connectivity index (χ1v) is 6.38. The van der Waals surface area contributed by atoms with Crippen LogP contribution in [0.2, 0.25) is 0 Å². The lowest BCUT2D eigenvalue weighted by molar-refractivity contribution is -0.145. The Morgan fingerprint density at radius 1 is 1.33 bits per heavy atom. The Bertz CT molecular complexity index is 340. The van der Waals surface area contributed by atoms with Crippen molar-refractivity contribution in [2.24, 2.45) is 0 Å². The van der Waals surface area contributed by atoms with E-state index in [9.17, 15) is 4.79 Å². The van der Waals surface area contributed by atoms with Crippen LogP contribution >= 0.6 is 0 Å². The highest BCUT2D eigenvalue weighted by Gasteiger charge is 2.16. The van der Waals surface area contributed by atoms with Gasteiger partial charge in [-0.1, -0.05) is 56.5 Å². The molecule has 0 saturated carbocycles. The molecule has 4 nitrogen and oxygen atoms in total. The van der Waals surface area contributed by atoms with Crippen LogP contribution in [0.1, 0.15) is 38.2 Å². The van der Waals surface area contributed by atoms with Crippen LogP contribution in [0.4, 0.5) is 0 Å². The lowest BCUT2D eigenvalue weighted by Gasteiger charge is -2.14. The van der Waals surface area contributed by atoms with E-state index in [0.717, 1.165) is 24.8 Å². The van der Waals surface area contributed by atoms with E-state index in [2.05, 4.69) is 12.4 Å². The number of carbonyl (C=O) groups is 1. The van der Waals surface area contributed by atoms with Gasteiger partial charge in [-0.15, -0.1) is 0 Å². The van der Waals surface area contributed by atoms with E-state index < -0.39 is 12.0 Å². The van der Waals surface area contributed by atoms with E-state index >= 15 is 0 Å². The van der Waals surface area contributed by atoms with Gasteiger partial charge in [0.05, 0.1) is 6.61 Å². The van der Waals surface area contributed by atoms with Crippen molar-refractivity contribution in [1.29, 1.82) is 0 Å². The smallest absolute Gasteiger partial charge is 0.323 e. The predicted molar refractivity (Wildman–Crippen MR) is 69.9 cm³/mol. The molecule has 100 valence electrons. The van der Waals surface area contributed by atoms with Crippen LogP contribution in [0.5, 0.6) is 0 Å². The van der Waals surface area contributed by atoms with Crippen LogP contribution in [0.3, 0.4) is 0 Å². The van der Waals surface area contributed by atoms with Gasteiger partial charge in [0.15, 0.2) is 0 Å². The monoisotopic (exact) mass is 251 g/mol. The molecule has 0 bridgehead atoms. The molecular weight excluding hydrogens is 230 g/mol. The molecule has 0 aromatic heterocycles. The average Bonchev–Trinajstić information content (AvgIpc) is 2.38. The van der Waals surface area contributed by atoms with Crippen molar-refractivity contribution in [3.8, 4) is 0 Å². The summed E-state index contributed by atoms with van der Waals surface area (Å²) in [4.78, 5) is 16.2. The second-order valence-electron chi connectivity index (χ2n) is 4.28. The first-order chi connectivity index (χ1) is 8.74. The second-order valence-corrected chi connectivity index (χ2v) is 4.28. The highest BCUT2D eigenvalue weighted by atomic mass is 16.6. The summed E-state index contributed by atoms with van der Waals surface area (Å²) in [6.45, 7) is 2.47. The van der Waals surface area contributed by atoms with Crippen LogP contribution in [-0.2, 0) is 16.2 Å². The Labute approximate surface area is 108 Å². The number of benzene rings is 1. The van der Waals surface area contributed by atoms with Crippen LogP contribution in [-0.4, -0.2) is 17.1 Å². The summed E-state index contributed by atoms with van der Waals surface area (Å²) in [6, 6.07) is 9.04. The fraction of sp³-hybridized carbons (Fsp3) is 0.500. The van der Waals surface area contributed by atoms with Crippen LogP contribution in [0, 0.1) is 0 Å². The lowest BCUT2D eigenvalue weighted by atomic mass is 10.1. The summed E-state index contributed by atoms with van der Waals surface area (Å²) >= 11 is 0. The number of aliphatic carboxylic acids is 1. The number of hydrogen-bond acceptors (Lipinski definition) is 3. The molecule has 2 N–H and O–H groups in total. The zero-order chi connectivity index (χ0) is 13.2. The van der Waals surface area contributed by atoms with Crippen LogP contribution in [0.25, 0.3) is 0 Å². The second kappa shape index (κ2) is 8.66. The number of unbranched alkanes of at least 4 members (excludes halogenated alkanes) is 2. The molecule has 1 aromatic carbocycles. The summed E-state index contributed by atoms with van der Waals surface area (Å²) in [7, 11) is 0. The minimum absolute atomic E-state index is 0.373. The SMILES string of the molecule is CCCCCC(NOCc1ccccc1)C(=O)O. The Morgan fingerprint density at radius 3 is 2.67 bits per heavy atom. The third kappa shape index (κ3) is 5.80. The molecule has 18 heavy (non-hydrogen) atoms. The molecule has 1 rings (SSSR count). The fourth-order valence-corrected chi connectivity index (χ4v) is 1.63. The Balaban J connectivity index is 2.27. The topological polar surface area (TPSA) is 58.6 Å². The van der Waals surface area contributed by atoms with Gasteiger partial charge in [0.25, 0.3) is 0 Å². The summed E-state index contributed by atoms with van der Waals surface area (Å²) < 4.78 is 0. The van der Waals surface area contributed by atoms with Gasteiger partial charge in [-0.2, -0.15) is 5.48 Å². The van der Waals surface area contributed by atoms with Crippen molar-refractivity contribution < 1.29 is 14.7 Å². The van der Waals surface area contributed by atoms with Gasteiger partial charge in [0, 0.05) is 0 Å². The number of hydrogen-bond donors (Lipinski definition) is 2. The van der Waals surface area contributed by atoms with Gasteiger partial charge < -0.3 is 5.11 Å². The third-order valence-corrected chi connectivity index (χ3v) is 2.70. The average molecular weight is 251 g/mol. The van der Waals surface area contributed by atoms with Crippen LogP contribution in [0.15, 0.2) is 30.3 Å². The normalized spacial score (nSPS) is 12.3. The predicted octanol–water partition coefficient (Wildman–Crippen LogP) is 2.74. The summed E-state index contributed by atoms with van der Waals surface area (Å²) in [6.07, 6.45) is 3.62. The van der Waals surface area contributed by atoms with E-state index in [1.54, 1.807) is 0 Å². The number of carboxylic acid groups (broad SMARTS) is 1. The summed E-state index contributed by atoms with van der Waals surface area (Å²) in [5, 5.41) is 9.03. The number of carboxylic acids is 1. The molecule has 0 aliphatic rings. The van der Waals surface area contributed by atoms with Gasteiger partial charge in [-0.05, 0) is 12.0 Å². The summed E-state index contributed by atoms with van der Waals surface area (Å²) in [5.41, 5.74) is 3.64. The third-order valence-electron chi connectivity index (χ3n) is 2.70. The zero-order valence-electron chi connectivity index (χ0n) is 10.8. The molecule has 0 amide bonds. The van der Waals surface area contributed by atoms with Crippen molar-refractivity contribution in [3.63, 3.8) is 0 Å². The van der Waals surface area contributed by atoms with E-state index in [0.29, 0.717) is 13.0 Å². The largest absolute Gasteiger partial charge is 0.480 e. The minimum atomic E-state index is -0.862. The first-order valence-electron chi connectivity index (χ1n) is 6.38. The molecule has 0 aliphatic carbocycles. The number of hydroxylamine groups is 1. The zero-order valence-corrected chi connectivity index (χ0v) is 10.8. The Morgan fingerprint density at radius 2 is 2.06 bits per heavy atom. The Kier molecular flexibility index (Phi) is 7.06. The van der Waals surface area contributed by atoms with Crippen molar-refractivity contribution in [1.82, 2.24) is 5.48 Å². The molecule has 0 spiro atoms. The fourth-order valence-electron chi connectivity index (χ4n) is 1.63. The molecule has 0 heterocycles. The molecule has 0 aliphatic heterocycles. The van der Waals surface area contributed by atoms with Crippen molar-refractivity contribution in [2.75, 3.05) is 0 Å². The molecule has 0 radical (unpaired) electrons. The number of nitrogens with one attached hydrogen (secondary N) is 1. The van der Waals surface area contributed by atoms with Gasteiger partial charge >= 0.3 is 5.97 Å². The molecular formula is C14H21NO3. The van der Waals surface area contributed by atoms with Gasteiger partial charge in [0.1, 0.15) is 6.04 Å². The maximum Gasteiger partial charge on any atom is 0.323 e. The van der Waals surface area contributed by atoms with Gasteiger partial charge in [-0.3, -0.25) is 9.63 Å². The van der Waals surface area contributed by atoms with Gasteiger partial charge in [0.2, 0.25) is 0 Å². The summed E-state index contributed by atoms with van der Waals surface area (Å²) in [5.74, 6) is -0.862. The van der Waals surface area contributed by atoms with Crippen molar-refractivity contribution in [2.45, 2.75) is 45.3 Å². The molecule has 1 atom stereocenters. The van der Waals surface area contributed by atoms with Crippen LogP contribution < -0.4 is 5.48 Å². The lowest BCUT2D eigenvalue weighted by Crippen LogP contribution is -2.36. The first kappa shape index (κ1) is 14.7. The number of rotatable bonds is 9. The molecule has 0 saturated heterocycles. The highest BCUT2D eigenvalue weighted by Crippen LogP contribution is 2.05. The molecule has 0 fully saturated rings. The maximum absolute atomic E-state index is 11.0.